The van der Waals surface area contributed by atoms with E-state index in [4.69, 9.17) is 4.74 Å². The van der Waals surface area contributed by atoms with Gasteiger partial charge in [-0.1, -0.05) is 30.3 Å². The van der Waals surface area contributed by atoms with Crippen molar-refractivity contribution in [3.63, 3.8) is 0 Å². The summed E-state index contributed by atoms with van der Waals surface area (Å²) < 4.78 is 20.8. The van der Waals surface area contributed by atoms with Crippen LogP contribution in [0.15, 0.2) is 53.3 Å². The van der Waals surface area contributed by atoms with Crippen molar-refractivity contribution < 1.29 is 9.13 Å². The topological polar surface area (TPSA) is 58.3 Å². The SMILES string of the molecule is Cn1c(=O)c(C#N)c(N2CCC(OCc3cccc(F)c3)CC2)c2ccccc21. The van der Waals surface area contributed by atoms with Crippen LogP contribution in [0.4, 0.5) is 10.1 Å². The first-order chi connectivity index (χ1) is 14.1. The van der Waals surface area contributed by atoms with Gasteiger partial charge in [0.05, 0.1) is 23.9 Å². The quantitative estimate of drug-likeness (QED) is 0.680. The molecular weight excluding hydrogens is 369 g/mol. The largest absolute Gasteiger partial charge is 0.373 e. The molecule has 0 N–H and O–H groups in total. The van der Waals surface area contributed by atoms with E-state index in [-0.39, 0.29) is 23.0 Å². The first-order valence-corrected chi connectivity index (χ1v) is 9.71. The highest BCUT2D eigenvalue weighted by atomic mass is 19.1. The Balaban J connectivity index is 1.53. The Kier molecular flexibility index (Phi) is 5.32. The molecule has 1 fully saturated rings. The predicted molar refractivity (Wildman–Crippen MR) is 110 cm³/mol. The zero-order valence-corrected chi connectivity index (χ0v) is 16.3. The van der Waals surface area contributed by atoms with Gasteiger partial charge in [-0.3, -0.25) is 4.79 Å². The summed E-state index contributed by atoms with van der Waals surface area (Å²) in [7, 11) is 1.70. The number of piperidine rings is 1. The Bertz CT molecular complexity index is 1140. The molecule has 0 unspecified atom stereocenters. The normalized spacial score (nSPS) is 14.9. The predicted octanol–water partition coefficient (Wildman–Crippen LogP) is 3.73. The van der Waals surface area contributed by atoms with Gasteiger partial charge in [0.2, 0.25) is 0 Å². The third-order valence-corrected chi connectivity index (χ3v) is 5.52. The number of aromatic nitrogens is 1. The van der Waals surface area contributed by atoms with E-state index < -0.39 is 0 Å². The van der Waals surface area contributed by atoms with E-state index in [0.717, 1.165) is 35.0 Å². The van der Waals surface area contributed by atoms with E-state index in [0.29, 0.717) is 19.7 Å². The smallest absolute Gasteiger partial charge is 0.270 e. The summed E-state index contributed by atoms with van der Waals surface area (Å²) in [5.41, 5.74) is 2.26. The Morgan fingerprint density at radius 3 is 2.66 bits per heavy atom. The van der Waals surface area contributed by atoms with E-state index in [9.17, 15) is 14.4 Å². The van der Waals surface area contributed by atoms with E-state index in [1.807, 2.05) is 30.3 Å². The van der Waals surface area contributed by atoms with Crippen molar-refractivity contribution in [3.05, 3.63) is 75.8 Å². The molecule has 5 nitrogen and oxygen atoms in total. The van der Waals surface area contributed by atoms with Crippen molar-refractivity contribution in [1.29, 1.82) is 5.26 Å². The summed E-state index contributed by atoms with van der Waals surface area (Å²) in [6.07, 6.45) is 1.63. The van der Waals surface area contributed by atoms with Crippen molar-refractivity contribution >= 4 is 16.6 Å². The van der Waals surface area contributed by atoms with Crippen LogP contribution in [0.2, 0.25) is 0 Å². The number of benzene rings is 2. The number of pyridine rings is 1. The highest BCUT2D eigenvalue weighted by Gasteiger charge is 2.25. The number of rotatable bonds is 4. The van der Waals surface area contributed by atoms with Gasteiger partial charge < -0.3 is 14.2 Å². The Morgan fingerprint density at radius 2 is 1.93 bits per heavy atom. The Hall–Kier alpha value is -3.17. The molecule has 1 saturated heterocycles. The molecule has 2 heterocycles. The van der Waals surface area contributed by atoms with Gasteiger partial charge in [0.15, 0.2) is 0 Å². The fourth-order valence-electron chi connectivity index (χ4n) is 4.00. The van der Waals surface area contributed by atoms with Crippen LogP contribution >= 0.6 is 0 Å². The van der Waals surface area contributed by atoms with E-state index >= 15 is 0 Å². The van der Waals surface area contributed by atoms with Gasteiger partial charge in [-0.2, -0.15) is 5.26 Å². The minimum absolute atomic E-state index is 0.0675. The first-order valence-electron chi connectivity index (χ1n) is 9.71. The zero-order valence-electron chi connectivity index (χ0n) is 16.3. The van der Waals surface area contributed by atoms with Crippen LogP contribution < -0.4 is 10.5 Å². The molecule has 1 aromatic heterocycles. The monoisotopic (exact) mass is 391 g/mol. The van der Waals surface area contributed by atoms with E-state index in [1.165, 1.54) is 16.7 Å². The number of fused-ring (bicyclic) bond motifs is 1. The highest BCUT2D eigenvalue weighted by Crippen LogP contribution is 2.31. The Morgan fingerprint density at radius 1 is 1.17 bits per heavy atom. The van der Waals surface area contributed by atoms with Crippen molar-refractivity contribution in [1.82, 2.24) is 4.57 Å². The second-order valence-corrected chi connectivity index (χ2v) is 7.34. The van der Waals surface area contributed by atoms with Crippen molar-refractivity contribution in [3.8, 4) is 6.07 Å². The molecule has 0 bridgehead atoms. The number of nitriles is 1. The lowest BCUT2D eigenvalue weighted by Gasteiger charge is -2.34. The van der Waals surface area contributed by atoms with Crippen molar-refractivity contribution in [2.75, 3.05) is 18.0 Å². The maximum absolute atomic E-state index is 13.3. The molecule has 0 aliphatic carbocycles. The van der Waals surface area contributed by atoms with Crippen LogP contribution in [-0.4, -0.2) is 23.8 Å². The van der Waals surface area contributed by atoms with Crippen LogP contribution in [0.1, 0.15) is 24.0 Å². The molecule has 1 aliphatic rings. The van der Waals surface area contributed by atoms with Gasteiger partial charge >= 0.3 is 0 Å². The summed E-state index contributed by atoms with van der Waals surface area (Å²) in [6, 6.07) is 16.2. The maximum Gasteiger partial charge on any atom is 0.270 e. The number of nitrogens with zero attached hydrogens (tertiary/aromatic N) is 3. The van der Waals surface area contributed by atoms with Gasteiger partial charge in [-0.05, 0) is 36.6 Å². The van der Waals surface area contributed by atoms with E-state index in [2.05, 4.69) is 11.0 Å². The molecule has 0 radical (unpaired) electrons. The number of para-hydroxylation sites is 1. The fraction of sp³-hybridized carbons (Fsp3) is 0.304. The summed E-state index contributed by atoms with van der Waals surface area (Å²) in [4.78, 5) is 14.8. The molecule has 0 amide bonds. The van der Waals surface area contributed by atoms with Gasteiger partial charge in [-0.25, -0.2) is 4.39 Å². The van der Waals surface area contributed by atoms with Gasteiger partial charge in [0, 0.05) is 25.5 Å². The molecule has 1 aliphatic heterocycles. The number of anilines is 1. The summed E-state index contributed by atoms with van der Waals surface area (Å²) >= 11 is 0. The standard InChI is InChI=1S/C23H22FN3O2/c1-26-21-8-3-2-7-19(21)22(20(14-25)23(26)28)27-11-9-18(10-12-27)29-15-16-5-4-6-17(24)13-16/h2-8,13,18H,9-12,15H2,1H3. The van der Waals surface area contributed by atoms with Crippen LogP contribution in [0.3, 0.4) is 0 Å². The van der Waals surface area contributed by atoms with Crippen molar-refractivity contribution in [2.24, 2.45) is 7.05 Å². The molecule has 148 valence electrons. The van der Waals surface area contributed by atoms with Crippen LogP contribution in [0.25, 0.3) is 10.9 Å². The summed E-state index contributed by atoms with van der Waals surface area (Å²) in [5, 5.41) is 10.6. The zero-order chi connectivity index (χ0) is 20.4. The third-order valence-electron chi connectivity index (χ3n) is 5.52. The number of hydrogen-bond donors (Lipinski definition) is 0. The number of ether oxygens (including phenoxy) is 1. The highest BCUT2D eigenvalue weighted by molar-refractivity contribution is 5.94. The van der Waals surface area contributed by atoms with Crippen LogP contribution in [0.5, 0.6) is 0 Å². The number of halogens is 1. The lowest BCUT2D eigenvalue weighted by Crippen LogP contribution is -2.39. The molecule has 0 atom stereocenters. The second-order valence-electron chi connectivity index (χ2n) is 7.34. The molecule has 2 aromatic carbocycles. The summed E-state index contributed by atoms with van der Waals surface area (Å²) in [5.74, 6) is -0.262. The Labute approximate surface area is 168 Å². The minimum Gasteiger partial charge on any atom is -0.373 e. The van der Waals surface area contributed by atoms with Crippen molar-refractivity contribution in [2.45, 2.75) is 25.6 Å². The second kappa shape index (κ2) is 8.06. The minimum atomic E-state index is -0.273. The number of aryl methyl sites for hydroxylation is 1. The van der Waals surface area contributed by atoms with E-state index in [1.54, 1.807) is 13.1 Å². The molecule has 6 heteroatoms. The van der Waals surface area contributed by atoms with Gasteiger partial charge in [0.1, 0.15) is 17.4 Å². The average Bonchev–Trinajstić information content (AvgIpc) is 2.75. The number of hydrogen-bond acceptors (Lipinski definition) is 4. The summed E-state index contributed by atoms with van der Waals surface area (Å²) in [6.45, 7) is 1.76. The molecule has 29 heavy (non-hydrogen) atoms. The molecule has 3 aromatic rings. The molecule has 0 saturated carbocycles. The van der Waals surface area contributed by atoms with Gasteiger partial charge in [-0.15, -0.1) is 0 Å². The van der Waals surface area contributed by atoms with Crippen LogP contribution in [-0.2, 0) is 18.4 Å². The van der Waals surface area contributed by atoms with Crippen LogP contribution in [0, 0.1) is 17.1 Å². The average molecular weight is 391 g/mol. The molecule has 0 spiro atoms. The fourth-order valence-corrected chi connectivity index (χ4v) is 4.00. The third kappa shape index (κ3) is 3.74. The maximum atomic E-state index is 13.3. The molecule has 4 rings (SSSR count). The lowest BCUT2D eigenvalue weighted by atomic mass is 10.0. The molecular formula is C23H22FN3O2. The van der Waals surface area contributed by atoms with Gasteiger partial charge in [0.25, 0.3) is 5.56 Å². The first kappa shape index (κ1) is 19.2. The lowest BCUT2D eigenvalue weighted by molar-refractivity contribution is 0.0250.